The third-order valence-electron chi connectivity index (χ3n) is 9.84. The van der Waals surface area contributed by atoms with Crippen LogP contribution in [-0.4, -0.2) is 91.1 Å². The second-order valence-corrected chi connectivity index (χ2v) is 14.1. The summed E-state index contributed by atoms with van der Waals surface area (Å²) in [6.07, 6.45) is 16.7. The molecule has 2 saturated heterocycles. The number of anilines is 2. The van der Waals surface area contributed by atoms with Crippen molar-refractivity contribution in [2.75, 3.05) is 38.9 Å². The van der Waals surface area contributed by atoms with E-state index in [-0.39, 0.29) is 17.7 Å². The predicted molar refractivity (Wildman–Crippen MR) is 185 cm³/mol. The second-order valence-electron chi connectivity index (χ2n) is 13.6. The van der Waals surface area contributed by atoms with Gasteiger partial charge in [-0.25, -0.2) is 24.3 Å². The molecular weight excluding hydrogens is 646 g/mol. The Hall–Kier alpha value is -3.78. The van der Waals surface area contributed by atoms with Crippen LogP contribution in [0.1, 0.15) is 58.8 Å². The molecule has 2 aliphatic heterocycles. The topological polar surface area (TPSA) is 127 Å². The Morgan fingerprint density at radius 3 is 2.53 bits per heavy atom. The minimum absolute atomic E-state index is 0.168. The van der Waals surface area contributed by atoms with Crippen molar-refractivity contribution < 1.29 is 18.9 Å². The van der Waals surface area contributed by atoms with E-state index in [1.807, 2.05) is 25.1 Å². The highest BCUT2D eigenvalue weighted by atomic mass is 35.5. The molecule has 2 bridgehead atoms. The SMILES string of the molecule is COCC(C)COc1nn(C2(N3[C@@H]4CC[C@H]3COC4)CCCCC2)cc1Nc1ncc(-c2ccc(Cl)c(OC(C)Cn3cncn3)c2)cn1. The Labute approximate surface area is 292 Å². The van der Waals surface area contributed by atoms with E-state index in [0.29, 0.717) is 54.4 Å². The van der Waals surface area contributed by atoms with Crippen LogP contribution in [0.25, 0.3) is 11.1 Å². The molecular formula is C35H46ClN9O4. The van der Waals surface area contributed by atoms with Gasteiger partial charge in [0.25, 0.3) is 5.88 Å². The van der Waals surface area contributed by atoms with Crippen LogP contribution in [0.4, 0.5) is 11.6 Å². The maximum atomic E-state index is 6.50. The number of halogens is 1. The van der Waals surface area contributed by atoms with Gasteiger partial charge in [-0.1, -0.05) is 31.0 Å². The van der Waals surface area contributed by atoms with E-state index in [4.69, 9.17) is 35.6 Å². The molecule has 3 fully saturated rings. The number of benzene rings is 1. The number of hydrogen-bond donors (Lipinski definition) is 1. The molecule has 262 valence electrons. The van der Waals surface area contributed by atoms with Gasteiger partial charge in [-0.05, 0) is 63.1 Å². The molecule has 1 saturated carbocycles. The zero-order valence-corrected chi connectivity index (χ0v) is 29.3. The monoisotopic (exact) mass is 691 g/mol. The Kier molecular flexibility index (Phi) is 10.3. The lowest BCUT2D eigenvalue weighted by Crippen LogP contribution is -2.60. The number of hydrogen-bond acceptors (Lipinski definition) is 11. The fourth-order valence-electron chi connectivity index (χ4n) is 7.63. The maximum Gasteiger partial charge on any atom is 0.257 e. The number of nitrogens with one attached hydrogen (secondary N) is 1. The van der Waals surface area contributed by atoms with E-state index in [0.717, 1.165) is 42.9 Å². The smallest absolute Gasteiger partial charge is 0.257 e. The van der Waals surface area contributed by atoms with Crippen molar-refractivity contribution in [3.63, 3.8) is 0 Å². The predicted octanol–water partition coefficient (Wildman–Crippen LogP) is 5.94. The average Bonchev–Trinajstić information content (AvgIpc) is 3.84. The van der Waals surface area contributed by atoms with Gasteiger partial charge in [0.2, 0.25) is 5.95 Å². The molecule has 5 heterocycles. The lowest BCUT2D eigenvalue weighted by molar-refractivity contribution is -0.125. The molecule has 0 amide bonds. The summed E-state index contributed by atoms with van der Waals surface area (Å²) in [6, 6.07) is 6.49. The van der Waals surface area contributed by atoms with Gasteiger partial charge in [-0.2, -0.15) is 5.10 Å². The highest BCUT2D eigenvalue weighted by Crippen LogP contribution is 2.47. The van der Waals surface area contributed by atoms with Crippen molar-refractivity contribution in [3.8, 4) is 22.8 Å². The molecule has 4 atom stereocenters. The van der Waals surface area contributed by atoms with Crippen LogP contribution in [0.5, 0.6) is 11.6 Å². The van der Waals surface area contributed by atoms with Crippen LogP contribution in [0.2, 0.25) is 5.02 Å². The van der Waals surface area contributed by atoms with Gasteiger partial charge in [0.05, 0.1) is 44.2 Å². The third kappa shape index (κ3) is 7.40. The molecule has 3 aromatic heterocycles. The Morgan fingerprint density at radius 1 is 1.04 bits per heavy atom. The van der Waals surface area contributed by atoms with Crippen LogP contribution in [0.15, 0.2) is 49.4 Å². The minimum atomic E-state index is -0.212. The number of aromatic nitrogens is 7. The molecule has 4 aromatic rings. The van der Waals surface area contributed by atoms with Gasteiger partial charge in [0.1, 0.15) is 35.9 Å². The highest BCUT2D eigenvalue weighted by molar-refractivity contribution is 6.32. The minimum Gasteiger partial charge on any atom is -0.487 e. The molecule has 14 heteroatoms. The molecule has 3 aliphatic rings. The van der Waals surface area contributed by atoms with Gasteiger partial charge in [0, 0.05) is 43.1 Å². The fraction of sp³-hybridized carbons (Fsp3) is 0.571. The van der Waals surface area contributed by atoms with Gasteiger partial charge in [-0.3, -0.25) is 4.90 Å². The van der Waals surface area contributed by atoms with Crippen LogP contribution in [0, 0.1) is 5.92 Å². The van der Waals surface area contributed by atoms with Crippen molar-refractivity contribution in [1.29, 1.82) is 0 Å². The van der Waals surface area contributed by atoms with Crippen molar-refractivity contribution in [2.45, 2.75) is 89.2 Å². The zero-order valence-electron chi connectivity index (χ0n) is 28.5. The maximum absolute atomic E-state index is 6.50. The van der Waals surface area contributed by atoms with Crippen LogP contribution in [0.3, 0.4) is 0 Å². The van der Waals surface area contributed by atoms with E-state index in [9.17, 15) is 0 Å². The van der Waals surface area contributed by atoms with E-state index in [1.54, 1.807) is 30.5 Å². The van der Waals surface area contributed by atoms with Gasteiger partial charge < -0.3 is 24.3 Å². The summed E-state index contributed by atoms with van der Waals surface area (Å²) < 4.78 is 27.8. The Morgan fingerprint density at radius 2 is 1.82 bits per heavy atom. The first kappa shape index (κ1) is 33.7. The first-order valence-electron chi connectivity index (χ1n) is 17.4. The molecule has 0 spiro atoms. The number of fused-ring (bicyclic) bond motifs is 2. The number of nitrogens with zero attached hydrogens (tertiary/aromatic N) is 8. The van der Waals surface area contributed by atoms with Crippen molar-refractivity contribution >= 4 is 23.2 Å². The van der Waals surface area contributed by atoms with E-state index >= 15 is 0 Å². The summed E-state index contributed by atoms with van der Waals surface area (Å²) in [5, 5.41) is 13.3. The molecule has 7 rings (SSSR count). The lowest BCUT2D eigenvalue weighted by atomic mass is 9.86. The zero-order chi connectivity index (χ0) is 33.8. The van der Waals surface area contributed by atoms with Crippen LogP contribution >= 0.6 is 11.6 Å². The standard InChI is InChI=1S/C35H46ClN9O4/c1-24(18-46-3)19-48-33-31(17-44(42-33)35(11-5-4-6-12-35)45-28-8-9-29(45)21-47-20-28)41-34-38-14-27(15-39-34)26-7-10-30(36)32(13-26)49-25(2)16-43-23-37-22-40-43/h7,10,13-15,17,22-25,28-29H,4-6,8-9,11-12,16,18-21H2,1-3H3,(H,38,39,41)/t24?,25?,28-,29+. The quantitative estimate of drug-likeness (QED) is 0.169. The third-order valence-corrected chi connectivity index (χ3v) is 10.2. The summed E-state index contributed by atoms with van der Waals surface area (Å²) in [4.78, 5) is 16.1. The van der Waals surface area contributed by atoms with E-state index < -0.39 is 0 Å². The highest BCUT2D eigenvalue weighted by Gasteiger charge is 2.51. The van der Waals surface area contributed by atoms with Crippen molar-refractivity contribution in [1.82, 2.24) is 39.4 Å². The largest absolute Gasteiger partial charge is 0.487 e. The number of rotatable bonds is 14. The molecule has 1 aliphatic carbocycles. The summed E-state index contributed by atoms with van der Waals surface area (Å²) in [5.74, 6) is 1.78. The summed E-state index contributed by atoms with van der Waals surface area (Å²) >= 11 is 6.50. The Balaban J connectivity index is 1.12. The molecule has 1 N–H and O–H groups in total. The molecule has 49 heavy (non-hydrogen) atoms. The molecule has 2 unspecified atom stereocenters. The summed E-state index contributed by atoms with van der Waals surface area (Å²) in [6.45, 7) is 7.27. The average molecular weight is 692 g/mol. The van der Waals surface area contributed by atoms with E-state index in [2.05, 4.69) is 48.1 Å². The molecule has 13 nitrogen and oxygen atoms in total. The van der Waals surface area contributed by atoms with Crippen LogP contribution < -0.4 is 14.8 Å². The van der Waals surface area contributed by atoms with Gasteiger partial charge in [0.15, 0.2) is 0 Å². The van der Waals surface area contributed by atoms with Gasteiger partial charge in [-0.15, -0.1) is 5.10 Å². The first-order valence-corrected chi connectivity index (χ1v) is 17.8. The molecule has 1 aromatic carbocycles. The number of morpholine rings is 1. The van der Waals surface area contributed by atoms with Crippen LogP contribution in [-0.2, 0) is 21.7 Å². The second kappa shape index (κ2) is 15.0. The molecule has 0 radical (unpaired) electrons. The Bertz CT molecular complexity index is 1650. The van der Waals surface area contributed by atoms with Gasteiger partial charge >= 0.3 is 0 Å². The van der Waals surface area contributed by atoms with Crippen molar-refractivity contribution in [2.24, 2.45) is 5.92 Å². The number of methoxy groups -OCH3 is 1. The van der Waals surface area contributed by atoms with E-state index in [1.165, 1.54) is 38.4 Å². The lowest BCUT2D eigenvalue weighted by Gasteiger charge is -2.51. The summed E-state index contributed by atoms with van der Waals surface area (Å²) in [5.41, 5.74) is 2.25. The normalized spacial score (nSPS) is 21.7. The fourth-order valence-corrected chi connectivity index (χ4v) is 7.79. The number of ether oxygens (including phenoxy) is 4. The first-order chi connectivity index (χ1) is 23.9. The van der Waals surface area contributed by atoms with Crippen molar-refractivity contribution in [3.05, 3.63) is 54.5 Å². The summed E-state index contributed by atoms with van der Waals surface area (Å²) in [7, 11) is 1.71.